The summed E-state index contributed by atoms with van der Waals surface area (Å²) in [6.45, 7) is 6.63. The maximum Gasteiger partial charge on any atom is 0.308 e. The summed E-state index contributed by atoms with van der Waals surface area (Å²) in [5.74, 6) is -0.0256. The van der Waals surface area contributed by atoms with Crippen LogP contribution in [0.3, 0.4) is 0 Å². The quantitative estimate of drug-likeness (QED) is 0.710. The van der Waals surface area contributed by atoms with E-state index >= 15 is 0 Å². The van der Waals surface area contributed by atoms with Crippen LogP contribution in [0.15, 0.2) is 16.3 Å². The number of aliphatic imine (C=N–C) groups is 1. The van der Waals surface area contributed by atoms with Crippen LogP contribution in [-0.2, 0) is 4.79 Å². The van der Waals surface area contributed by atoms with Crippen LogP contribution in [0.4, 0.5) is 0 Å². The van der Waals surface area contributed by atoms with Crippen molar-refractivity contribution in [3.63, 3.8) is 0 Å². The van der Waals surface area contributed by atoms with Crippen LogP contribution >= 0.6 is 0 Å². The molecule has 4 heteroatoms. The molecule has 2 heterocycles. The third-order valence-electron chi connectivity index (χ3n) is 3.37. The molecule has 0 bridgehead atoms. The number of aliphatic carboxylic acids is 1. The first-order chi connectivity index (χ1) is 7.00. The summed E-state index contributed by atoms with van der Waals surface area (Å²) in [4.78, 5) is 17.5. The molecule has 0 aromatic heterocycles. The fraction of sp³-hybridized carbons (Fsp3) is 0.636. The van der Waals surface area contributed by atoms with Gasteiger partial charge in [-0.05, 0) is 26.3 Å². The molecule has 4 nitrogen and oxygen atoms in total. The average molecular weight is 208 g/mol. The van der Waals surface area contributed by atoms with Crippen LogP contribution in [0.2, 0.25) is 0 Å². The third kappa shape index (κ3) is 1.54. The Labute approximate surface area is 89.3 Å². The van der Waals surface area contributed by atoms with E-state index in [9.17, 15) is 4.79 Å². The molecule has 0 aromatic carbocycles. The number of nitrogens with zero attached hydrogens (tertiary/aromatic N) is 2. The fourth-order valence-corrected chi connectivity index (χ4v) is 2.29. The minimum Gasteiger partial charge on any atom is -0.481 e. The molecule has 0 saturated carbocycles. The SMILES string of the molecule is CC1=NC(C)C(C)=C2CC(C(=O)O)CN12. The standard InChI is InChI=1S/C11H16N2O2/c1-6-7(2)12-8(3)13-5-9(11(14)15)4-10(6)13/h7,9H,4-5H2,1-3H3,(H,14,15). The zero-order chi connectivity index (χ0) is 11.2. The maximum absolute atomic E-state index is 11.0. The lowest BCUT2D eigenvalue weighted by Gasteiger charge is -2.28. The minimum atomic E-state index is -0.704. The smallest absolute Gasteiger partial charge is 0.308 e. The van der Waals surface area contributed by atoms with Gasteiger partial charge in [-0.3, -0.25) is 9.79 Å². The summed E-state index contributed by atoms with van der Waals surface area (Å²) >= 11 is 0. The van der Waals surface area contributed by atoms with Gasteiger partial charge in [0.2, 0.25) is 0 Å². The molecule has 0 spiro atoms. The number of carbonyl (C=O) groups is 1. The molecule has 1 N–H and O–H groups in total. The van der Waals surface area contributed by atoms with Crippen molar-refractivity contribution < 1.29 is 9.90 Å². The highest BCUT2D eigenvalue weighted by Gasteiger charge is 2.36. The number of fused-ring (bicyclic) bond motifs is 1. The van der Waals surface area contributed by atoms with Crippen LogP contribution in [0.25, 0.3) is 0 Å². The van der Waals surface area contributed by atoms with Gasteiger partial charge in [-0.25, -0.2) is 0 Å². The van der Waals surface area contributed by atoms with Crippen molar-refractivity contribution in [3.8, 4) is 0 Å². The van der Waals surface area contributed by atoms with Crippen molar-refractivity contribution in [2.75, 3.05) is 6.54 Å². The summed E-state index contributed by atoms with van der Waals surface area (Å²) in [5, 5.41) is 9.01. The molecule has 0 aromatic rings. The normalized spacial score (nSPS) is 30.3. The van der Waals surface area contributed by atoms with E-state index in [-0.39, 0.29) is 12.0 Å². The molecule has 0 radical (unpaired) electrons. The van der Waals surface area contributed by atoms with Gasteiger partial charge in [-0.15, -0.1) is 0 Å². The lowest BCUT2D eigenvalue weighted by molar-refractivity contribution is -0.141. The van der Waals surface area contributed by atoms with Gasteiger partial charge < -0.3 is 10.0 Å². The highest BCUT2D eigenvalue weighted by Crippen LogP contribution is 2.34. The van der Waals surface area contributed by atoms with Crippen LogP contribution in [0.1, 0.15) is 27.2 Å². The number of allylic oxidation sites excluding steroid dienone is 1. The first-order valence-corrected chi connectivity index (χ1v) is 5.25. The van der Waals surface area contributed by atoms with Gasteiger partial charge in [0.15, 0.2) is 0 Å². The molecule has 0 amide bonds. The highest BCUT2D eigenvalue weighted by molar-refractivity contribution is 5.85. The largest absolute Gasteiger partial charge is 0.481 e. The molecule has 82 valence electrons. The van der Waals surface area contributed by atoms with E-state index in [4.69, 9.17) is 5.11 Å². The second-order valence-corrected chi connectivity index (χ2v) is 4.33. The van der Waals surface area contributed by atoms with E-state index in [2.05, 4.69) is 11.9 Å². The number of rotatable bonds is 1. The Morgan fingerprint density at radius 2 is 2.20 bits per heavy atom. The molecule has 2 aliphatic rings. The summed E-state index contributed by atoms with van der Waals surface area (Å²) in [6.07, 6.45) is 0.651. The Balaban J connectivity index is 2.32. The van der Waals surface area contributed by atoms with Gasteiger partial charge >= 0.3 is 5.97 Å². The zero-order valence-electron chi connectivity index (χ0n) is 9.32. The summed E-state index contributed by atoms with van der Waals surface area (Å²) < 4.78 is 0. The first kappa shape index (κ1) is 10.2. The van der Waals surface area contributed by atoms with E-state index in [0.717, 1.165) is 5.84 Å². The molecule has 1 saturated heterocycles. The van der Waals surface area contributed by atoms with Crippen molar-refractivity contribution in [3.05, 3.63) is 11.3 Å². The van der Waals surface area contributed by atoms with Gasteiger partial charge in [0.25, 0.3) is 0 Å². The van der Waals surface area contributed by atoms with Crippen LogP contribution in [0, 0.1) is 5.92 Å². The van der Waals surface area contributed by atoms with Gasteiger partial charge in [-0.1, -0.05) is 0 Å². The summed E-state index contributed by atoms with van der Waals surface area (Å²) in [7, 11) is 0. The van der Waals surface area contributed by atoms with Crippen LogP contribution in [-0.4, -0.2) is 34.4 Å². The van der Waals surface area contributed by atoms with Crippen molar-refractivity contribution in [2.45, 2.75) is 33.2 Å². The zero-order valence-corrected chi connectivity index (χ0v) is 9.32. The number of amidine groups is 1. The van der Waals surface area contributed by atoms with Gasteiger partial charge in [0.1, 0.15) is 5.84 Å². The topological polar surface area (TPSA) is 52.9 Å². The summed E-state index contributed by atoms with van der Waals surface area (Å²) in [5.41, 5.74) is 2.38. The van der Waals surface area contributed by atoms with Crippen molar-refractivity contribution in [2.24, 2.45) is 10.9 Å². The molecule has 2 atom stereocenters. The monoisotopic (exact) mass is 208 g/mol. The lowest BCUT2D eigenvalue weighted by Crippen LogP contribution is -2.32. The molecule has 2 rings (SSSR count). The molecule has 2 unspecified atom stereocenters. The molecule has 2 aliphatic heterocycles. The Bertz CT molecular complexity index is 371. The van der Waals surface area contributed by atoms with E-state index in [0.29, 0.717) is 13.0 Å². The summed E-state index contributed by atoms with van der Waals surface area (Å²) in [6, 6.07) is 0.198. The van der Waals surface area contributed by atoms with Crippen LogP contribution in [0.5, 0.6) is 0 Å². The Morgan fingerprint density at radius 1 is 1.53 bits per heavy atom. The van der Waals surface area contributed by atoms with E-state index in [1.807, 2.05) is 18.7 Å². The minimum absolute atomic E-state index is 0.198. The van der Waals surface area contributed by atoms with Gasteiger partial charge in [-0.2, -0.15) is 0 Å². The molecular weight excluding hydrogens is 192 g/mol. The first-order valence-electron chi connectivity index (χ1n) is 5.25. The molecule has 0 aliphatic carbocycles. The fourth-order valence-electron chi connectivity index (χ4n) is 2.29. The molecule has 15 heavy (non-hydrogen) atoms. The van der Waals surface area contributed by atoms with E-state index < -0.39 is 5.97 Å². The number of carboxylic acids is 1. The van der Waals surface area contributed by atoms with Gasteiger partial charge in [0, 0.05) is 18.7 Å². The molecule has 1 fully saturated rings. The van der Waals surface area contributed by atoms with Crippen molar-refractivity contribution in [1.29, 1.82) is 0 Å². The Hall–Kier alpha value is -1.32. The average Bonchev–Trinajstić information content (AvgIpc) is 2.59. The van der Waals surface area contributed by atoms with E-state index in [1.165, 1.54) is 11.3 Å². The van der Waals surface area contributed by atoms with Gasteiger partial charge in [0.05, 0.1) is 12.0 Å². The number of carboxylic acid groups (broad SMARTS) is 1. The van der Waals surface area contributed by atoms with Crippen molar-refractivity contribution >= 4 is 11.8 Å². The number of hydrogen-bond donors (Lipinski definition) is 1. The predicted octanol–water partition coefficient (Wildman–Crippen LogP) is 1.49. The lowest BCUT2D eigenvalue weighted by atomic mass is 10.0. The van der Waals surface area contributed by atoms with E-state index in [1.54, 1.807) is 0 Å². The Kier molecular flexibility index (Phi) is 2.29. The van der Waals surface area contributed by atoms with Crippen molar-refractivity contribution in [1.82, 2.24) is 4.90 Å². The molecular formula is C11H16N2O2. The predicted molar refractivity (Wildman–Crippen MR) is 57.7 cm³/mol. The second kappa shape index (κ2) is 3.36. The van der Waals surface area contributed by atoms with Crippen LogP contribution < -0.4 is 0 Å². The third-order valence-corrected chi connectivity index (χ3v) is 3.37. The maximum atomic E-state index is 11.0. The number of hydrogen-bond acceptors (Lipinski definition) is 3. The highest BCUT2D eigenvalue weighted by atomic mass is 16.4. The second-order valence-electron chi connectivity index (χ2n) is 4.33. The Morgan fingerprint density at radius 3 is 2.80 bits per heavy atom.